The Bertz CT molecular complexity index is 945. The van der Waals surface area contributed by atoms with Gasteiger partial charge in [-0.3, -0.25) is 14.6 Å². The number of aromatic nitrogens is 2. The molecule has 7 nitrogen and oxygen atoms in total. The van der Waals surface area contributed by atoms with E-state index in [-0.39, 0.29) is 40.6 Å². The zero-order valence-corrected chi connectivity index (χ0v) is 18.8. The Balaban J connectivity index is 1.44. The molecule has 2 heterocycles. The van der Waals surface area contributed by atoms with Crippen LogP contribution in [0.4, 0.5) is 0 Å². The Morgan fingerprint density at radius 3 is 2.53 bits per heavy atom. The van der Waals surface area contributed by atoms with Crippen molar-refractivity contribution in [3.63, 3.8) is 0 Å². The average molecular weight is 437 g/mol. The number of nitrogens with one attached hydrogen (secondary N) is 1. The average Bonchev–Trinajstić information content (AvgIpc) is 2.80. The van der Waals surface area contributed by atoms with E-state index in [9.17, 15) is 14.7 Å². The molecule has 0 bridgehead atoms. The Morgan fingerprint density at radius 1 is 1.09 bits per heavy atom. The second-order valence-corrected chi connectivity index (χ2v) is 9.74. The first-order valence-electron chi connectivity index (χ1n) is 11.5. The topological polar surface area (TPSA) is 95.4 Å². The number of likely N-dealkylation sites (tertiary alicyclic amines) is 1. The maximum absolute atomic E-state index is 13.6. The number of piperidine rings is 1. The second kappa shape index (κ2) is 9.27. The van der Waals surface area contributed by atoms with Crippen molar-refractivity contribution in [1.29, 1.82) is 0 Å². The molecule has 1 aromatic carbocycles. The molecule has 4 rings (SSSR count). The molecule has 7 heteroatoms. The van der Waals surface area contributed by atoms with Crippen molar-refractivity contribution in [2.24, 2.45) is 11.3 Å². The highest BCUT2D eigenvalue weighted by Crippen LogP contribution is 2.43. The van der Waals surface area contributed by atoms with E-state index in [1.807, 2.05) is 17.0 Å². The number of phenols is 1. The van der Waals surface area contributed by atoms with Crippen LogP contribution >= 0.6 is 0 Å². The third kappa shape index (κ3) is 4.76. The van der Waals surface area contributed by atoms with Crippen molar-refractivity contribution in [3.05, 3.63) is 54.1 Å². The third-order valence-electron chi connectivity index (χ3n) is 7.03. The molecule has 32 heavy (non-hydrogen) atoms. The van der Waals surface area contributed by atoms with Gasteiger partial charge in [-0.1, -0.05) is 38.8 Å². The van der Waals surface area contributed by atoms with Gasteiger partial charge in [0.15, 0.2) is 0 Å². The van der Waals surface area contributed by atoms with Gasteiger partial charge >= 0.3 is 0 Å². The van der Waals surface area contributed by atoms with Gasteiger partial charge in [0.2, 0.25) is 5.91 Å². The quantitative estimate of drug-likeness (QED) is 0.765. The van der Waals surface area contributed by atoms with E-state index in [1.165, 1.54) is 24.2 Å². The minimum atomic E-state index is -0.269. The molecule has 0 radical (unpaired) electrons. The highest BCUT2D eigenvalue weighted by molar-refractivity contribution is 5.92. The van der Waals surface area contributed by atoms with Crippen molar-refractivity contribution in [1.82, 2.24) is 20.2 Å². The van der Waals surface area contributed by atoms with Crippen LogP contribution in [0.3, 0.4) is 0 Å². The molecule has 2 amide bonds. The van der Waals surface area contributed by atoms with Crippen molar-refractivity contribution < 1.29 is 14.7 Å². The summed E-state index contributed by atoms with van der Waals surface area (Å²) in [5.74, 6) is 0.266. The van der Waals surface area contributed by atoms with Crippen LogP contribution in [0.1, 0.15) is 67.9 Å². The van der Waals surface area contributed by atoms with E-state index >= 15 is 0 Å². The molecule has 2 fully saturated rings. The lowest BCUT2D eigenvalue weighted by Gasteiger charge is -2.46. The molecule has 3 unspecified atom stereocenters. The maximum atomic E-state index is 13.6. The number of nitrogens with zero attached hydrogens (tertiary/aromatic N) is 3. The normalized spacial score (nSPS) is 25.2. The predicted molar refractivity (Wildman–Crippen MR) is 121 cm³/mol. The highest BCUT2D eigenvalue weighted by Gasteiger charge is 2.42. The fourth-order valence-corrected chi connectivity index (χ4v) is 5.36. The molecular weight excluding hydrogens is 404 g/mol. The Morgan fingerprint density at radius 2 is 1.84 bits per heavy atom. The van der Waals surface area contributed by atoms with Crippen LogP contribution in [0.2, 0.25) is 0 Å². The molecule has 1 aliphatic heterocycles. The number of carbonyl (C=O) groups excluding carboxylic acids is 2. The Kier molecular flexibility index (Phi) is 6.44. The Labute approximate surface area is 189 Å². The lowest BCUT2D eigenvalue weighted by atomic mass is 9.70. The van der Waals surface area contributed by atoms with E-state index in [2.05, 4.69) is 29.1 Å². The molecule has 1 saturated heterocycles. The lowest BCUT2D eigenvalue weighted by molar-refractivity contribution is -0.141. The number of carbonyl (C=O) groups is 2. The van der Waals surface area contributed by atoms with Gasteiger partial charge in [-0.15, -0.1) is 0 Å². The summed E-state index contributed by atoms with van der Waals surface area (Å²) in [6.45, 7) is 5.80. The second-order valence-electron chi connectivity index (χ2n) is 9.74. The minimum Gasteiger partial charge on any atom is -0.508 e. The van der Waals surface area contributed by atoms with Crippen LogP contribution < -0.4 is 5.32 Å². The molecule has 1 saturated carbocycles. The number of hydrogen-bond donors (Lipinski definition) is 2. The first kappa shape index (κ1) is 22.2. The highest BCUT2D eigenvalue weighted by atomic mass is 16.3. The Hall–Kier alpha value is -2.96. The summed E-state index contributed by atoms with van der Waals surface area (Å²) in [6.07, 6.45) is 8.97. The summed E-state index contributed by atoms with van der Waals surface area (Å²) in [4.78, 5) is 36.2. The van der Waals surface area contributed by atoms with Crippen LogP contribution in [0.25, 0.3) is 0 Å². The van der Waals surface area contributed by atoms with Crippen molar-refractivity contribution in [2.75, 3.05) is 13.1 Å². The predicted octanol–water partition coefficient (Wildman–Crippen LogP) is 3.51. The van der Waals surface area contributed by atoms with E-state index < -0.39 is 0 Å². The van der Waals surface area contributed by atoms with Crippen molar-refractivity contribution >= 4 is 11.8 Å². The van der Waals surface area contributed by atoms with Crippen LogP contribution in [0.15, 0.2) is 42.9 Å². The van der Waals surface area contributed by atoms with Crippen LogP contribution in [0, 0.1) is 11.3 Å². The fraction of sp³-hybridized carbons (Fsp3) is 0.520. The summed E-state index contributed by atoms with van der Waals surface area (Å²) >= 11 is 0. The molecule has 2 aliphatic rings. The van der Waals surface area contributed by atoms with Gasteiger partial charge in [0.05, 0.1) is 12.1 Å². The molecule has 3 atom stereocenters. The monoisotopic (exact) mass is 436 g/mol. The molecule has 1 aliphatic carbocycles. The number of rotatable bonds is 4. The van der Waals surface area contributed by atoms with Gasteiger partial charge in [-0.2, -0.15) is 0 Å². The number of aromatic hydroxyl groups is 1. The van der Waals surface area contributed by atoms with Crippen LogP contribution in [-0.4, -0.2) is 50.9 Å². The molecule has 2 aromatic rings. The zero-order valence-electron chi connectivity index (χ0n) is 18.8. The summed E-state index contributed by atoms with van der Waals surface area (Å²) in [7, 11) is 0. The van der Waals surface area contributed by atoms with Crippen molar-refractivity contribution in [3.8, 4) is 5.75 Å². The first-order chi connectivity index (χ1) is 15.3. The van der Waals surface area contributed by atoms with Gasteiger partial charge in [0.25, 0.3) is 5.91 Å². The third-order valence-corrected chi connectivity index (χ3v) is 7.03. The van der Waals surface area contributed by atoms with Crippen LogP contribution in [0.5, 0.6) is 5.75 Å². The first-order valence-corrected chi connectivity index (χ1v) is 11.5. The van der Waals surface area contributed by atoms with Crippen LogP contribution in [-0.2, 0) is 4.79 Å². The number of hydrogen-bond acceptors (Lipinski definition) is 5. The molecular formula is C25H32N4O3. The van der Waals surface area contributed by atoms with Crippen molar-refractivity contribution in [2.45, 2.75) is 57.9 Å². The number of amides is 2. The fourth-order valence-electron chi connectivity index (χ4n) is 5.36. The molecule has 170 valence electrons. The van der Waals surface area contributed by atoms with E-state index in [0.29, 0.717) is 19.0 Å². The van der Waals surface area contributed by atoms with Gasteiger partial charge < -0.3 is 15.3 Å². The molecule has 2 N–H and O–H groups in total. The maximum Gasteiger partial charge on any atom is 0.271 e. The van der Waals surface area contributed by atoms with Gasteiger partial charge in [-0.05, 0) is 48.3 Å². The summed E-state index contributed by atoms with van der Waals surface area (Å²) < 4.78 is 0. The number of benzene rings is 1. The van der Waals surface area contributed by atoms with E-state index in [0.717, 1.165) is 32.1 Å². The standard InChI is InChI=1S/C25H32N4O3/c1-25(2)16-29(14-11-20(25)17-7-9-18(30)10-8-17)24(32)19-5-3-4-6-21(19)28-23(31)22-15-26-12-13-27-22/h7-10,12-13,15,19-21,30H,3-6,11,14,16H2,1-2H3,(H,28,31). The smallest absolute Gasteiger partial charge is 0.271 e. The molecule has 1 aromatic heterocycles. The lowest BCUT2D eigenvalue weighted by Crippen LogP contribution is -2.54. The van der Waals surface area contributed by atoms with E-state index in [1.54, 1.807) is 12.1 Å². The largest absolute Gasteiger partial charge is 0.508 e. The van der Waals surface area contributed by atoms with Gasteiger partial charge in [0.1, 0.15) is 11.4 Å². The number of phenolic OH excluding ortho intramolecular Hbond substituents is 1. The summed E-state index contributed by atoms with van der Waals surface area (Å²) in [6, 6.07) is 7.25. The molecule has 0 spiro atoms. The summed E-state index contributed by atoms with van der Waals surface area (Å²) in [5.41, 5.74) is 1.39. The van der Waals surface area contributed by atoms with Gasteiger partial charge in [-0.25, -0.2) is 4.98 Å². The minimum absolute atomic E-state index is 0.0854. The zero-order chi connectivity index (χ0) is 22.7. The van der Waals surface area contributed by atoms with E-state index in [4.69, 9.17) is 0 Å². The summed E-state index contributed by atoms with van der Waals surface area (Å²) in [5, 5.41) is 12.7. The SMILES string of the molecule is CC1(C)CN(C(=O)C2CCCCC2NC(=O)c2cnccn2)CCC1c1ccc(O)cc1. The van der Waals surface area contributed by atoms with Gasteiger partial charge in [0, 0.05) is 31.5 Å².